The van der Waals surface area contributed by atoms with Crippen molar-refractivity contribution >= 4 is 0 Å². The van der Waals surface area contributed by atoms with Gasteiger partial charge in [-0.1, -0.05) is 31.2 Å². The molecular weight excluding hydrogens is 160 g/mol. The average Bonchev–Trinajstić information content (AvgIpc) is 2.27. The van der Waals surface area contributed by atoms with E-state index >= 15 is 0 Å². The summed E-state index contributed by atoms with van der Waals surface area (Å²) in [5.41, 5.74) is 2.76. The van der Waals surface area contributed by atoms with Crippen molar-refractivity contribution in [1.29, 1.82) is 0 Å². The number of hydrogen-bond acceptors (Lipinski definition) is 1. The molecule has 1 heteroatoms. The van der Waals surface area contributed by atoms with Crippen molar-refractivity contribution in [2.45, 2.75) is 38.2 Å². The van der Waals surface area contributed by atoms with Crippen LogP contribution >= 0.6 is 0 Å². The van der Waals surface area contributed by atoms with Gasteiger partial charge in [0.2, 0.25) is 0 Å². The Morgan fingerprint density at radius 3 is 2.85 bits per heavy atom. The molecule has 0 spiro atoms. The summed E-state index contributed by atoms with van der Waals surface area (Å²) >= 11 is 0. The molecule has 1 aromatic carbocycles. The van der Waals surface area contributed by atoms with Crippen LogP contribution in [0.4, 0.5) is 0 Å². The molecule has 1 nitrogen and oxygen atoms in total. The maximum absolute atomic E-state index is 9.65. The van der Waals surface area contributed by atoms with E-state index in [9.17, 15) is 5.11 Å². The monoisotopic (exact) mass is 176 g/mol. The first kappa shape index (κ1) is 8.76. The Kier molecular flexibility index (Phi) is 2.36. The van der Waals surface area contributed by atoms with Crippen LogP contribution in [0.5, 0.6) is 0 Å². The van der Waals surface area contributed by atoms with Crippen LogP contribution in [0, 0.1) is 0 Å². The van der Waals surface area contributed by atoms with Crippen LogP contribution in [-0.4, -0.2) is 11.2 Å². The highest BCUT2D eigenvalue weighted by atomic mass is 16.3. The van der Waals surface area contributed by atoms with E-state index in [0.29, 0.717) is 5.92 Å². The second kappa shape index (κ2) is 3.51. The van der Waals surface area contributed by atoms with E-state index in [0.717, 1.165) is 19.3 Å². The molecule has 1 N–H and O–H groups in total. The number of fused-ring (bicyclic) bond motifs is 1. The number of hydrogen-bond donors (Lipinski definition) is 1. The molecule has 0 aliphatic heterocycles. The minimum atomic E-state index is -0.133. The molecule has 0 fully saturated rings. The predicted molar refractivity (Wildman–Crippen MR) is 53.8 cm³/mol. The summed E-state index contributed by atoms with van der Waals surface area (Å²) in [6.45, 7) is 2.25. The Bertz CT molecular complexity index is 293. The molecule has 0 aromatic heterocycles. The van der Waals surface area contributed by atoms with Gasteiger partial charge in [-0.2, -0.15) is 0 Å². The highest BCUT2D eigenvalue weighted by molar-refractivity contribution is 5.31. The highest BCUT2D eigenvalue weighted by Crippen LogP contribution is 2.29. The fourth-order valence-electron chi connectivity index (χ4n) is 2.15. The summed E-state index contributed by atoms with van der Waals surface area (Å²) in [5, 5.41) is 9.65. The van der Waals surface area contributed by atoms with E-state index in [1.165, 1.54) is 11.1 Å². The van der Waals surface area contributed by atoms with Gasteiger partial charge in [-0.05, 0) is 36.3 Å². The molecule has 13 heavy (non-hydrogen) atoms. The average molecular weight is 176 g/mol. The maximum atomic E-state index is 9.65. The smallest absolute Gasteiger partial charge is 0.0580 e. The van der Waals surface area contributed by atoms with Crippen LogP contribution in [0.3, 0.4) is 0 Å². The van der Waals surface area contributed by atoms with Gasteiger partial charge >= 0.3 is 0 Å². The molecule has 0 saturated heterocycles. The van der Waals surface area contributed by atoms with E-state index in [2.05, 4.69) is 31.2 Å². The number of aliphatic hydroxyl groups excluding tert-OH is 1. The molecule has 1 aliphatic carbocycles. The predicted octanol–water partition coefficient (Wildman–Crippen LogP) is 2.49. The lowest BCUT2D eigenvalue weighted by Gasteiger charge is -2.10. The molecule has 1 aromatic rings. The van der Waals surface area contributed by atoms with Gasteiger partial charge in [0, 0.05) is 0 Å². The Labute approximate surface area is 79.4 Å². The lowest BCUT2D eigenvalue weighted by atomic mass is 9.95. The molecular formula is C12H16O. The first-order chi connectivity index (χ1) is 6.27. The molecule has 70 valence electrons. The third-order valence-corrected chi connectivity index (χ3v) is 2.97. The van der Waals surface area contributed by atoms with Crippen molar-refractivity contribution in [3.05, 3.63) is 35.4 Å². The zero-order valence-electron chi connectivity index (χ0n) is 8.03. The van der Waals surface area contributed by atoms with Crippen LogP contribution in [0.25, 0.3) is 0 Å². The molecule has 1 aliphatic rings. The first-order valence-electron chi connectivity index (χ1n) is 5.03. The molecule has 0 heterocycles. The summed E-state index contributed by atoms with van der Waals surface area (Å²) in [7, 11) is 0. The van der Waals surface area contributed by atoms with Gasteiger partial charge in [-0.25, -0.2) is 0 Å². The van der Waals surface area contributed by atoms with Crippen LogP contribution in [0.1, 0.15) is 36.8 Å². The summed E-state index contributed by atoms with van der Waals surface area (Å²) in [5.74, 6) is 0.605. The quantitative estimate of drug-likeness (QED) is 0.602. The van der Waals surface area contributed by atoms with Crippen molar-refractivity contribution in [3.8, 4) is 0 Å². The lowest BCUT2D eigenvalue weighted by Crippen LogP contribution is -2.07. The molecule has 0 radical (unpaired) electrons. The van der Waals surface area contributed by atoms with E-state index in [1.54, 1.807) is 0 Å². The van der Waals surface area contributed by atoms with Crippen LogP contribution in [-0.2, 0) is 6.42 Å². The minimum absolute atomic E-state index is 0.133. The lowest BCUT2D eigenvalue weighted by molar-refractivity contribution is 0.164. The fraction of sp³-hybridized carbons (Fsp3) is 0.500. The van der Waals surface area contributed by atoms with Crippen molar-refractivity contribution in [3.63, 3.8) is 0 Å². The maximum Gasteiger partial charge on any atom is 0.0580 e. The molecule has 2 rings (SSSR count). The van der Waals surface area contributed by atoms with E-state index in [4.69, 9.17) is 0 Å². The van der Waals surface area contributed by atoms with Crippen LogP contribution in [0.2, 0.25) is 0 Å². The summed E-state index contributed by atoms with van der Waals surface area (Å²) in [4.78, 5) is 0. The largest absolute Gasteiger partial charge is 0.393 e. The molecule has 0 amide bonds. The van der Waals surface area contributed by atoms with E-state index in [-0.39, 0.29) is 6.10 Å². The van der Waals surface area contributed by atoms with Crippen molar-refractivity contribution in [2.24, 2.45) is 0 Å². The Balaban J connectivity index is 2.38. The zero-order chi connectivity index (χ0) is 9.26. The van der Waals surface area contributed by atoms with Crippen molar-refractivity contribution in [1.82, 2.24) is 0 Å². The SMILES string of the molecule is C[C@@H]1CC[C@H](O)Cc2ccccc21. The second-order valence-corrected chi connectivity index (χ2v) is 4.04. The number of rotatable bonds is 0. The zero-order valence-corrected chi connectivity index (χ0v) is 8.03. The Morgan fingerprint density at radius 1 is 1.23 bits per heavy atom. The molecule has 0 saturated carbocycles. The number of aliphatic hydroxyl groups is 1. The second-order valence-electron chi connectivity index (χ2n) is 4.04. The fourth-order valence-corrected chi connectivity index (χ4v) is 2.15. The van der Waals surface area contributed by atoms with Gasteiger partial charge in [0.1, 0.15) is 0 Å². The topological polar surface area (TPSA) is 20.2 Å². The van der Waals surface area contributed by atoms with Gasteiger partial charge in [-0.15, -0.1) is 0 Å². The Hall–Kier alpha value is -0.820. The highest BCUT2D eigenvalue weighted by Gasteiger charge is 2.18. The number of benzene rings is 1. The molecule has 0 bridgehead atoms. The van der Waals surface area contributed by atoms with Crippen LogP contribution in [0.15, 0.2) is 24.3 Å². The first-order valence-corrected chi connectivity index (χ1v) is 5.03. The van der Waals surface area contributed by atoms with Crippen molar-refractivity contribution in [2.75, 3.05) is 0 Å². The third kappa shape index (κ3) is 1.75. The normalized spacial score (nSPS) is 27.8. The van der Waals surface area contributed by atoms with Gasteiger partial charge in [0.25, 0.3) is 0 Å². The van der Waals surface area contributed by atoms with Gasteiger partial charge in [0.05, 0.1) is 6.10 Å². The van der Waals surface area contributed by atoms with E-state index < -0.39 is 0 Å². The summed E-state index contributed by atoms with van der Waals surface area (Å²) in [6, 6.07) is 8.48. The van der Waals surface area contributed by atoms with Gasteiger partial charge in [-0.3, -0.25) is 0 Å². The third-order valence-electron chi connectivity index (χ3n) is 2.97. The standard InChI is InChI=1S/C12H16O/c1-9-6-7-11(13)8-10-4-2-3-5-12(9)10/h2-5,9,11,13H,6-8H2,1H3/t9-,11+/m1/s1. The van der Waals surface area contributed by atoms with Gasteiger partial charge in [0.15, 0.2) is 0 Å². The Morgan fingerprint density at radius 2 is 2.00 bits per heavy atom. The minimum Gasteiger partial charge on any atom is -0.393 e. The summed E-state index contributed by atoms with van der Waals surface area (Å²) < 4.78 is 0. The molecule has 0 unspecified atom stereocenters. The van der Waals surface area contributed by atoms with Crippen LogP contribution < -0.4 is 0 Å². The summed E-state index contributed by atoms with van der Waals surface area (Å²) in [6.07, 6.45) is 2.75. The van der Waals surface area contributed by atoms with E-state index in [1.807, 2.05) is 0 Å². The molecule has 2 atom stereocenters. The van der Waals surface area contributed by atoms with Crippen molar-refractivity contribution < 1.29 is 5.11 Å². The van der Waals surface area contributed by atoms with Gasteiger partial charge < -0.3 is 5.11 Å².